The summed E-state index contributed by atoms with van der Waals surface area (Å²) in [4.78, 5) is 16.1. The van der Waals surface area contributed by atoms with Gasteiger partial charge in [-0.2, -0.15) is 0 Å². The minimum Gasteiger partial charge on any atom is -0.389 e. The summed E-state index contributed by atoms with van der Waals surface area (Å²) in [7, 11) is 0. The summed E-state index contributed by atoms with van der Waals surface area (Å²) >= 11 is 3.60. The molecule has 0 spiro atoms. The highest BCUT2D eigenvalue weighted by Gasteiger charge is 2.35. The van der Waals surface area contributed by atoms with E-state index in [1.807, 2.05) is 17.0 Å². The number of amides is 1. The normalized spacial score (nSPS) is 23.9. The third-order valence-corrected chi connectivity index (χ3v) is 4.92. The lowest BCUT2D eigenvalue weighted by Gasteiger charge is -2.39. The molecule has 0 bridgehead atoms. The lowest BCUT2D eigenvalue weighted by Crippen LogP contribution is -2.51. The van der Waals surface area contributed by atoms with Crippen molar-refractivity contribution in [1.29, 1.82) is 0 Å². The first kappa shape index (κ1) is 13.9. The minimum atomic E-state index is -0.454. The summed E-state index contributed by atoms with van der Waals surface area (Å²) in [6.07, 6.45) is 1.21. The molecule has 1 unspecified atom stereocenters. The van der Waals surface area contributed by atoms with Crippen molar-refractivity contribution in [1.82, 2.24) is 4.90 Å². The van der Waals surface area contributed by atoms with Crippen LogP contribution < -0.4 is 4.90 Å². The zero-order valence-corrected chi connectivity index (χ0v) is 13.1. The van der Waals surface area contributed by atoms with Gasteiger partial charge in [0.15, 0.2) is 0 Å². The number of hydrogen-bond acceptors (Lipinski definition) is 3. The lowest BCUT2D eigenvalue weighted by molar-refractivity contribution is -0.129. The maximum atomic E-state index is 11.7. The molecule has 5 heteroatoms. The zero-order chi connectivity index (χ0) is 14.3. The van der Waals surface area contributed by atoms with Crippen LogP contribution in [0.15, 0.2) is 22.7 Å². The number of halogens is 1. The average molecular weight is 339 g/mol. The monoisotopic (exact) mass is 338 g/mol. The molecule has 0 aliphatic carbocycles. The number of anilines is 1. The molecule has 4 nitrogen and oxygen atoms in total. The molecule has 2 aliphatic rings. The highest BCUT2D eigenvalue weighted by Crippen LogP contribution is 2.32. The quantitative estimate of drug-likeness (QED) is 0.899. The summed E-state index contributed by atoms with van der Waals surface area (Å²) in [5, 5.41) is 9.62. The standard InChI is InChI=1S/C15H19BrN2O2/c1-10(19)11-2-4-14(13(16)8-11)17-6-7-18-12(9-17)3-5-15(18)20/h2,4,8,10,12,19H,3,5-7,9H2,1H3/t10-,12?/m0/s1. The largest absolute Gasteiger partial charge is 0.389 e. The molecule has 0 aromatic heterocycles. The number of benzene rings is 1. The van der Waals surface area contributed by atoms with Crippen molar-refractivity contribution in [3.05, 3.63) is 28.2 Å². The SMILES string of the molecule is C[C@H](O)c1ccc(N2CCN3C(=O)CCC3C2)c(Br)c1. The van der Waals surface area contributed by atoms with Crippen LogP contribution in [0.4, 0.5) is 5.69 Å². The van der Waals surface area contributed by atoms with Crippen molar-refractivity contribution < 1.29 is 9.90 Å². The van der Waals surface area contributed by atoms with Gasteiger partial charge in [0.05, 0.1) is 11.8 Å². The van der Waals surface area contributed by atoms with E-state index < -0.39 is 6.10 Å². The number of aliphatic hydroxyl groups is 1. The first-order valence-electron chi connectivity index (χ1n) is 7.08. The molecular weight excluding hydrogens is 320 g/mol. The minimum absolute atomic E-state index is 0.304. The Bertz CT molecular complexity index is 533. The Morgan fingerprint density at radius 1 is 1.40 bits per heavy atom. The second kappa shape index (κ2) is 5.37. The Labute approximate surface area is 127 Å². The van der Waals surface area contributed by atoms with Crippen LogP contribution in [0.2, 0.25) is 0 Å². The molecule has 3 rings (SSSR count). The fraction of sp³-hybridized carbons (Fsp3) is 0.533. The van der Waals surface area contributed by atoms with Gasteiger partial charge in [-0.25, -0.2) is 0 Å². The number of nitrogens with zero attached hydrogens (tertiary/aromatic N) is 2. The van der Waals surface area contributed by atoms with E-state index in [0.717, 1.165) is 41.8 Å². The lowest BCUT2D eigenvalue weighted by atomic mass is 10.1. The summed E-state index contributed by atoms with van der Waals surface area (Å²) in [5.41, 5.74) is 2.06. The number of hydrogen-bond donors (Lipinski definition) is 1. The van der Waals surface area contributed by atoms with Crippen molar-refractivity contribution in [2.75, 3.05) is 24.5 Å². The number of aliphatic hydroxyl groups excluding tert-OH is 1. The van der Waals surface area contributed by atoms with Crippen LogP contribution in [0.1, 0.15) is 31.4 Å². The molecule has 1 amide bonds. The van der Waals surface area contributed by atoms with Crippen molar-refractivity contribution in [2.24, 2.45) is 0 Å². The fourth-order valence-electron chi connectivity index (χ4n) is 3.12. The number of carbonyl (C=O) groups excluding carboxylic acids is 1. The highest BCUT2D eigenvalue weighted by atomic mass is 79.9. The molecule has 2 atom stereocenters. The van der Waals surface area contributed by atoms with Gasteiger partial charge in [-0.1, -0.05) is 6.07 Å². The third-order valence-electron chi connectivity index (χ3n) is 4.29. The van der Waals surface area contributed by atoms with E-state index in [1.165, 1.54) is 0 Å². The van der Waals surface area contributed by atoms with Gasteiger partial charge in [-0.3, -0.25) is 4.79 Å². The van der Waals surface area contributed by atoms with Gasteiger partial charge in [0, 0.05) is 36.6 Å². The summed E-state index contributed by atoms with van der Waals surface area (Å²) in [6.45, 7) is 4.35. The predicted molar refractivity (Wildman–Crippen MR) is 81.7 cm³/mol. The highest BCUT2D eigenvalue weighted by molar-refractivity contribution is 9.10. The maximum absolute atomic E-state index is 11.7. The molecule has 1 aromatic rings. The Kier molecular flexibility index (Phi) is 3.73. The summed E-state index contributed by atoms with van der Waals surface area (Å²) in [6, 6.07) is 6.36. The van der Waals surface area contributed by atoms with Crippen molar-refractivity contribution in [3.63, 3.8) is 0 Å². The zero-order valence-electron chi connectivity index (χ0n) is 11.6. The van der Waals surface area contributed by atoms with Crippen LogP contribution in [0.3, 0.4) is 0 Å². The molecule has 2 heterocycles. The molecule has 20 heavy (non-hydrogen) atoms. The number of rotatable bonds is 2. The second-order valence-corrected chi connectivity index (χ2v) is 6.47. The van der Waals surface area contributed by atoms with E-state index in [-0.39, 0.29) is 0 Å². The predicted octanol–water partition coefficient (Wildman–Crippen LogP) is 2.31. The molecule has 2 fully saturated rings. The van der Waals surface area contributed by atoms with Crippen LogP contribution in [-0.2, 0) is 4.79 Å². The van der Waals surface area contributed by atoms with E-state index in [0.29, 0.717) is 18.4 Å². The van der Waals surface area contributed by atoms with Crippen LogP contribution in [-0.4, -0.2) is 41.6 Å². The Morgan fingerprint density at radius 3 is 2.90 bits per heavy atom. The number of fused-ring (bicyclic) bond motifs is 1. The van der Waals surface area contributed by atoms with Gasteiger partial charge in [0.25, 0.3) is 0 Å². The van der Waals surface area contributed by atoms with Crippen molar-refractivity contribution >= 4 is 27.5 Å². The third kappa shape index (κ3) is 2.44. The van der Waals surface area contributed by atoms with Gasteiger partial charge >= 0.3 is 0 Å². The Morgan fingerprint density at radius 2 is 2.20 bits per heavy atom. The van der Waals surface area contributed by atoms with Crippen LogP contribution in [0.25, 0.3) is 0 Å². The van der Waals surface area contributed by atoms with Crippen LogP contribution in [0.5, 0.6) is 0 Å². The summed E-state index contributed by atoms with van der Waals surface area (Å²) in [5.74, 6) is 0.304. The topological polar surface area (TPSA) is 43.8 Å². The fourth-order valence-corrected chi connectivity index (χ4v) is 3.77. The first-order chi connectivity index (χ1) is 9.56. The van der Waals surface area contributed by atoms with Crippen LogP contribution in [0, 0.1) is 0 Å². The van der Waals surface area contributed by atoms with E-state index in [1.54, 1.807) is 6.92 Å². The molecule has 1 aromatic carbocycles. The van der Waals surface area contributed by atoms with Gasteiger partial charge in [-0.05, 0) is 47.0 Å². The molecular formula is C15H19BrN2O2. The molecule has 2 saturated heterocycles. The average Bonchev–Trinajstić information content (AvgIpc) is 2.79. The van der Waals surface area contributed by atoms with E-state index in [2.05, 4.69) is 26.9 Å². The molecule has 2 aliphatic heterocycles. The van der Waals surface area contributed by atoms with Gasteiger partial charge in [0.1, 0.15) is 0 Å². The second-order valence-electron chi connectivity index (χ2n) is 5.61. The molecule has 1 N–H and O–H groups in total. The van der Waals surface area contributed by atoms with Gasteiger partial charge in [-0.15, -0.1) is 0 Å². The van der Waals surface area contributed by atoms with Crippen molar-refractivity contribution in [2.45, 2.75) is 31.9 Å². The van der Waals surface area contributed by atoms with Gasteiger partial charge in [0.2, 0.25) is 5.91 Å². The Balaban J connectivity index is 1.79. The molecule has 108 valence electrons. The first-order valence-corrected chi connectivity index (χ1v) is 7.87. The molecule has 0 saturated carbocycles. The summed E-state index contributed by atoms with van der Waals surface area (Å²) < 4.78 is 1.01. The van der Waals surface area contributed by atoms with Gasteiger partial charge < -0.3 is 14.9 Å². The number of carbonyl (C=O) groups is 1. The number of piperazine rings is 1. The maximum Gasteiger partial charge on any atom is 0.223 e. The van der Waals surface area contributed by atoms with Crippen LogP contribution >= 0.6 is 15.9 Å². The van der Waals surface area contributed by atoms with E-state index in [4.69, 9.17) is 0 Å². The van der Waals surface area contributed by atoms with Crippen molar-refractivity contribution in [3.8, 4) is 0 Å². The Hall–Kier alpha value is -1.07. The van der Waals surface area contributed by atoms with E-state index in [9.17, 15) is 9.90 Å². The van der Waals surface area contributed by atoms with E-state index >= 15 is 0 Å². The smallest absolute Gasteiger partial charge is 0.223 e. The molecule has 0 radical (unpaired) electrons.